The number of nitrogens with zero attached hydrogens (tertiary/aromatic N) is 4. The van der Waals surface area contributed by atoms with Gasteiger partial charge in [-0.05, 0) is 35.5 Å². The first-order valence-corrected chi connectivity index (χ1v) is 5.17. The molecule has 16 heavy (non-hydrogen) atoms. The van der Waals surface area contributed by atoms with Gasteiger partial charge in [0, 0.05) is 4.47 Å². The zero-order valence-electron chi connectivity index (χ0n) is 8.25. The molecular weight excluding hydrogens is 276 g/mol. The molecule has 0 amide bonds. The Morgan fingerprint density at radius 2 is 2.25 bits per heavy atom. The first-order valence-electron chi connectivity index (χ1n) is 4.38. The zero-order valence-corrected chi connectivity index (χ0v) is 9.84. The van der Waals surface area contributed by atoms with Gasteiger partial charge in [0.2, 0.25) is 0 Å². The molecule has 82 valence electrons. The van der Waals surface area contributed by atoms with Crippen molar-refractivity contribution in [3.8, 4) is 5.69 Å². The van der Waals surface area contributed by atoms with Crippen LogP contribution in [0.1, 0.15) is 16.2 Å². The molecule has 6 nitrogen and oxygen atoms in total. The van der Waals surface area contributed by atoms with Crippen LogP contribution in [-0.4, -0.2) is 31.3 Å². The summed E-state index contributed by atoms with van der Waals surface area (Å²) in [5, 5.41) is 20.0. The molecule has 0 atom stereocenters. The summed E-state index contributed by atoms with van der Waals surface area (Å²) < 4.78 is 2.08. The van der Waals surface area contributed by atoms with Crippen molar-refractivity contribution in [3.63, 3.8) is 0 Å². The van der Waals surface area contributed by atoms with Crippen molar-refractivity contribution in [1.29, 1.82) is 0 Å². The molecule has 0 aliphatic carbocycles. The van der Waals surface area contributed by atoms with Gasteiger partial charge in [-0.15, -0.1) is 5.10 Å². The Hall–Kier alpha value is -1.76. The number of carbonyl (C=O) groups is 1. The third-order valence-electron chi connectivity index (χ3n) is 2.04. The van der Waals surface area contributed by atoms with Crippen molar-refractivity contribution >= 4 is 21.9 Å². The smallest absolute Gasteiger partial charge is 0.337 e. The number of aryl methyl sites for hydroxylation is 1. The first-order chi connectivity index (χ1) is 7.59. The maximum absolute atomic E-state index is 11.1. The Bertz CT molecular complexity index is 552. The van der Waals surface area contributed by atoms with Crippen LogP contribution in [0.3, 0.4) is 0 Å². The summed E-state index contributed by atoms with van der Waals surface area (Å²) >= 11 is 3.22. The van der Waals surface area contributed by atoms with E-state index in [0.29, 0.717) is 16.0 Å². The summed E-state index contributed by atoms with van der Waals surface area (Å²) in [6.45, 7) is 1.70. The standard InChI is InChI=1S/C9H7BrN4O2/c1-5-11-12-13-14(5)8-3-2-6(10)4-7(8)9(15)16/h2-4H,1H3,(H,15,16). The van der Waals surface area contributed by atoms with Gasteiger partial charge in [-0.3, -0.25) is 0 Å². The predicted octanol–water partition coefficient (Wildman–Crippen LogP) is 1.43. The molecule has 1 heterocycles. The van der Waals surface area contributed by atoms with E-state index in [0.717, 1.165) is 0 Å². The highest BCUT2D eigenvalue weighted by Gasteiger charge is 2.14. The van der Waals surface area contributed by atoms with E-state index in [1.54, 1.807) is 19.1 Å². The minimum absolute atomic E-state index is 0.143. The number of rotatable bonds is 2. The first kappa shape index (κ1) is 10.7. The predicted molar refractivity (Wildman–Crippen MR) is 58.6 cm³/mol. The van der Waals surface area contributed by atoms with Crippen molar-refractivity contribution in [1.82, 2.24) is 20.2 Å². The van der Waals surface area contributed by atoms with Crippen LogP contribution >= 0.6 is 15.9 Å². The van der Waals surface area contributed by atoms with Crippen molar-refractivity contribution < 1.29 is 9.90 Å². The molecule has 2 aromatic rings. The summed E-state index contributed by atoms with van der Waals surface area (Å²) in [5.41, 5.74) is 0.586. The molecule has 7 heteroatoms. The van der Waals surface area contributed by atoms with Crippen molar-refractivity contribution in [2.24, 2.45) is 0 Å². The van der Waals surface area contributed by atoms with Gasteiger partial charge < -0.3 is 5.11 Å². The average molecular weight is 283 g/mol. The molecule has 0 aliphatic rings. The highest BCUT2D eigenvalue weighted by Crippen LogP contribution is 2.20. The molecule has 1 aromatic carbocycles. The van der Waals surface area contributed by atoms with Crippen LogP contribution in [0.4, 0.5) is 0 Å². The summed E-state index contributed by atoms with van der Waals surface area (Å²) in [6.07, 6.45) is 0. The van der Waals surface area contributed by atoms with Crippen LogP contribution in [-0.2, 0) is 0 Å². The summed E-state index contributed by atoms with van der Waals surface area (Å²) in [7, 11) is 0. The van der Waals surface area contributed by atoms with E-state index in [-0.39, 0.29) is 5.56 Å². The summed E-state index contributed by atoms with van der Waals surface area (Å²) in [5.74, 6) is -0.490. The number of hydrogen-bond acceptors (Lipinski definition) is 4. The lowest BCUT2D eigenvalue weighted by molar-refractivity contribution is 0.0696. The number of tetrazole rings is 1. The highest BCUT2D eigenvalue weighted by molar-refractivity contribution is 9.10. The van der Waals surface area contributed by atoms with E-state index in [1.165, 1.54) is 10.7 Å². The van der Waals surface area contributed by atoms with E-state index in [9.17, 15) is 4.79 Å². The number of aromatic nitrogens is 4. The quantitative estimate of drug-likeness (QED) is 0.901. The van der Waals surface area contributed by atoms with Crippen LogP contribution in [0.15, 0.2) is 22.7 Å². The van der Waals surface area contributed by atoms with Crippen LogP contribution in [0.25, 0.3) is 5.69 Å². The summed E-state index contributed by atoms with van der Waals surface area (Å²) in [6, 6.07) is 4.90. The molecule has 0 saturated carbocycles. The number of hydrogen-bond donors (Lipinski definition) is 1. The molecule has 0 spiro atoms. The van der Waals surface area contributed by atoms with Crippen LogP contribution in [0.2, 0.25) is 0 Å². The molecule has 0 radical (unpaired) electrons. The fourth-order valence-corrected chi connectivity index (χ4v) is 1.68. The van der Waals surface area contributed by atoms with Gasteiger partial charge in [0.1, 0.15) is 0 Å². The summed E-state index contributed by atoms with van der Waals surface area (Å²) in [4.78, 5) is 11.1. The lowest BCUT2D eigenvalue weighted by atomic mass is 10.2. The molecule has 0 fully saturated rings. The van der Waals surface area contributed by atoms with Gasteiger partial charge in [-0.2, -0.15) is 4.68 Å². The van der Waals surface area contributed by atoms with Crippen molar-refractivity contribution in [2.45, 2.75) is 6.92 Å². The number of benzene rings is 1. The van der Waals surface area contributed by atoms with Gasteiger partial charge in [0.05, 0.1) is 11.3 Å². The third-order valence-corrected chi connectivity index (χ3v) is 2.54. The molecule has 1 N–H and O–H groups in total. The van der Waals surface area contributed by atoms with E-state index in [2.05, 4.69) is 31.5 Å². The largest absolute Gasteiger partial charge is 0.478 e. The second kappa shape index (κ2) is 4.01. The van der Waals surface area contributed by atoms with Crippen molar-refractivity contribution in [2.75, 3.05) is 0 Å². The number of carboxylic acids is 1. The number of halogens is 1. The van der Waals surface area contributed by atoms with E-state index in [1.807, 2.05) is 0 Å². The number of aromatic carboxylic acids is 1. The zero-order chi connectivity index (χ0) is 11.7. The average Bonchev–Trinajstić information content (AvgIpc) is 2.64. The fraction of sp³-hybridized carbons (Fsp3) is 0.111. The second-order valence-corrected chi connectivity index (χ2v) is 4.02. The van der Waals surface area contributed by atoms with Gasteiger partial charge in [0.25, 0.3) is 0 Å². The Labute approximate surface area is 99.0 Å². The van der Waals surface area contributed by atoms with Crippen molar-refractivity contribution in [3.05, 3.63) is 34.1 Å². The monoisotopic (exact) mass is 282 g/mol. The SMILES string of the molecule is Cc1nnnn1-c1ccc(Br)cc1C(=O)O. The fourth-order valence-electron chi connectivity index (χ4n) is 1.32. The normalized spacial score (nSPS) is 10.4. The molecule has 2 rings (SSSR count). The third kappa shape index (κ3) is 1.81. The van der Waals surface area contributed by atoms with Crippen LogP contribution in [0.5, 0.6) is 0 Å². The minimum Gasteiger partial charge on any atom is -0.478 e. The molecule has 0 saturated heterocycles. The Morgan fingerprint density at radius 1 is 1.50 bits per heavy atom. The molecule has 0 bridgehead atoms. The lowest BCUT2D eigenvalue weighted by Gasteiger charge is -2.06. The Kier molecular flexibility index (Phi) is 2.69. The molecule has 0 aliphatic heterocycles. The second-order valence-electron chi connectivity index (χ2n) is 3.10. The lowest BCUT2D eigenvalue weighted by Crippen LogP contribution is -2.08. The topological polar surface area (TPSA) is 80.9 Å². The Morgan fingerprint density at radius 3 is 2.81 bits per heavy atom. The maximum Gasteiger partial charge on any atom is 0.337 e. The van der Waals surface area contributed by atoms with Gasteiger partial charge in [-0.25, -0.2) is 4.79 Å². The van der Waals surface area contributed by atoms with E-state index < -0.39 is 5.97 Å². The van der Waals surface area contributed by atoms with Gasteiger partial charge in [-0.1, -0.05) is 15.9 Å². The Balaban J connectivity index is 2.65. The van der Waals surface area contributed by atoms with Gasteiger partial charge >= 0.3 is 5.97 Å². The minimum atomic E-state index is -1.02. The highest BCUT2D eigenvalue weighted by atomic mass is 79.9. The molecule has 1 aromatic heterocycles. The molecule has 0 unspecified atom stereocenters. The molecular formula is C9H7BrN4O2. The van der Waals surface area contributed by atoms with E-state index in [4.69, 9.17) is 5.11 Å². The van der Waals surface area contributed by atoms with Gasteiger partial charge in [0.15, 0.2) is 5.82 Å². The van der Waals surface area contributed by atoms with E-state index >= 15 is 0 Å². The number of carboxylic acid groups (broad SMARTS) is 1. The van der Waals surface area contributed by atoms with Crippen LogP contribution < -0.4 is 0 Å². The maximum atomic E-state index is 11.1. The van der Waals surface area contributed by atoms with Crippen LogP contribution in [0, 0.1) is 6.92 Å².